The van der Waals surface area contributed by atoms with Crippen LogP contribution in [0.4, 0.5) is 0 Å². The maximum atomic E-state index is 12.6. The number of methoxy groups -OCH3 is 1. The van der Waals surface area contributed by atoms with E-state index in [2.05, 4.69) is 6.92 Å². The Kier molecular flexibility index (Phi) is 4.72. The SMILES string of the molecule is COC1CN(C(=O)c2csc(S(N)(=O)=O)c2C)CCC1C. The van der Waals surface area contributed by atoms with Crippen molar-refractivity contribution >= 4 is 27.3 Å². The first-order valence-corrected chi connectivity index (χ1v) is 9.11. The molecule has 1 saturated heterocycles. The standard InChI is InChI=1S/C13H20N2O4S2/c1-8-4-5-15(6-11(8)19-3)12(16)10-7-20-13(9(10)2)21(14,17)18/h7-8,11H,4-6H2,1-3H3,(H2,14,17,18). The summed E-state index contributed by atoms with van der Waals surface area (Å²) < 4.78 is 28.4. The van der Waals surface area contributed by atoms with Crippen molar-refractivity contribution in [1.29, 1.82) is 0 Å². The van der Waals surface area contributed by atoms with E-state index in [1.165, 1.54) is 0 Å². The van der Waals surface area contributed by atoms with Gasteiger partial charge in [-0.15, -0.1) is 11.3 Å². The molecule has 118 valence electrons. The van der Waals surface area contributed by atoms with Gasteiger partial charge in [0.1, 0.15) is 4.21 Å². The number of piperidine rings is 1. The van der Waals surface area contributed by atoms with E-state index in [1.54, 1.807) is 24.3 Å². The molecule has 1 amide bonds. The number of nitrogens with two attached hydrogens (primary N) is 1. The number of thiophene rings is 1. The van der Waals surface area contributed by atoms with E-state index in [0.717, 1.165) is 17.8 Å². The lowest BCUT2D eigenvalue weighted by Gasteiger charge is -2.36. The molecule has 1 aromatic rings. The molecular formula is C13H20N2O4S2. The molecule has 2 heterocycles. The molecule has 0 saturated carbocycles. The van der Waals surface area contributed by atoms with Crippen molar-refractivity contribution in [3.63, 3.8) is 0 Å². The van der Waals surface area contributed by atoms with Crippen LogP contribution in [-0.4, -0.2) is 45.5 Å². The lowest BCUT2D eigenvalue weighted by atomic mass is 9.95. The highest BCUT2D eigenvalue weighted by Gasteiger charge is 2.31. The van der Waals surface area contributed by atoms with Gasteiger partial charge in [-0.1, -0.05) is 6.92 Å². The number of sulfonamides is 1. The van der Waals surface area contributed by atoms with Crippen molar-refractivity contribution < 1.29 is 17.9 Å². The Bertz CT molecular complexity index is 639. The summed E-state index contributed by atoms with van der Waals surface area (Å²) in [6.07, 6.45) is 0.884. The summed E-state index contributed by atoms with van der Waals surface area (Å²) in [5, 5.41) is 6.72. The second-order valence-electron chi connectivity index (χ2n) is 5.40. The van der Waals surface area contributed by atoms with Crippen LogP contribution in [0.3, 0.4) is 0 Å². The Morgan fingerprint density at radius 2 is 2.19 bits per heavy atom. The van der Waals surface area contributed by atoms with Gasteiger partial charge in [0.2, 0.25) is 10.0 Å². The number of carbonyl (C=O) groups excluding carboxylic acids is 1. The van der Waals surface area contributed by atoms with E-state index in [0.29, 0.717) is 30.1 Å². The third-order valence-electron chi connectivity index (χ3n) is 3.96. The number of ether oxygens (including phenoxy) is 1. The highest BCUT2D eigenvalue weighted by molar-refractivity contribution is 7.91. The second-order valence-corrected chi connectivity index (χ2v) is 8.03. The maximum absolute atomic E-state index is 12.6. The molecule has 2 N–H and O–H groups in total. The Morgan fingerprint density at radius 1 is 1.52 bits per heavy atom. The molecule has 0 bridgehead atoms. The molecule has 2 rings (SSSR count). The van der Waals surface area contributed by atoms with Crippen molar-refractivity contribution in [2.24, 2.45) is 11.1 Å². The number of primary sulfonamides is 1. The number of likely N-dealkylation sites (tertiary alicyclic amines) is 1. The fraction of sp³-hybridized carbons (Fsp3) is 0.615. The van der Waals surface area contributed by atoms with Gasteiger partial charge in [0.15, 0.2) is 0 Å². The van der Waals surface area contributed by atoms with Gasteiger partial charge in [-0.05, 0) is 24.8 Å². The van der Waals surface area contributed by atoms with E-state index in [9.17, 15) is 13.2 Å². The summed E-state index contributed by atoms with van der Waals surface area (Å²) in [6, 6.07) is 0. The van der Waals surface area contributed by atoms with Crippen molar-refractivity contribution in [1.82, 2.24) is 4.90 Å². The van der Waals surface area contributed by atoms with Crippen molar-refractivity contribution in [3.05, 3.63) is 16.5 Å². The summed E-state index contributed by atoms with van der Waals surface area (Å²) >= 11 is 0.991. The first-order chi connectivity index (χ1) is 9.75. The Hall–Kier alpha value is -0.960. The molecule has 8 heteroatoms. The molecule has 0 spiro atoms. The minimum absolute atomic E-state index is 0.0133. The van der Waals surface area contributed by atoms with Crippen LogP contribution in [0.2, 0.25) is 0 Å². The Morgan fingerprint density at radius 3 is 2.71 bits per heavy atom. The number of carbonyl (C=O) groups is 1. The fourth-order valence-electron chi connectivity index (χ4n) is 2.59. The van der Waals surface area contributed by atoms with E-state index in [-0.39, 0.29) is 16.2 Å². The van der Waals surface area contributed by atoms with Crippen LogP contribution in [0.15, 0.2) is 9.59 Å². The summed E-state index contributed by atoms with van der Waals surface area (Å²) in [7, 11) is -2.14. The van der Waals surface area contributed by atoms with Gasteiger partial charge in [-0.2, -0.15) is 0 Å². The van der Waals surface area contributed by atoms with Crippen LogP contribution in [0.1, 0.15) is 29.3 Å². The van der Waals surface area contributed by atoms with Crippen LogP contribution in [0.25, 0.3) is 0 Å². The van der Waals surface area contributed by atoms with Gasteiger partial charge < -0.3 is 9.64 Å². The van der Waals surface area contributed by atoms with Gasteiger partial charge in [0, 0.05) is 25.6 Å². The molecule has 1 aliphatic heterocycles. The van der Waals surface area contributed by atoms with Gasteiger partial charge in [-0.25, -0.2) is 13.6 Å². The van der Waals surface area contributed by atoms with Gasteiger partial charge in [0.25, 0.3) is 5.91 Å². The summed E-state index contributed by atoms with van der Waals surface area (Å²) in [6.45, 7) is 4.89. The normalized spacial score (nSPS) is 23.3. The van der Waals surface area contributed by atoms with Gasteiger partial charge in [-0.3, -0.25) is 4.79 Å². The van der Waals surface area contributed by atoms with Crippen LogP contribution in [0.5, 0.6) is 0 Å². The van der Waals surface area contributed by atoms with Crippen LogP contribution < -0.4 is 5.14 Å². The zero-order valence-corrected chi connectivity index (χ0v) is 14.0. The first kappa shape index (κ1) is 16.4. The van der Waals surface area contributed by atoms with E-state index in [1.807, 2.05) is 0 Å². The molecular weight excluding hydrogens is 312 g/mol. The summed E-state index contributed by atoms with van der Waals surface area (Å²) in [5.74, 6) is 0.246. The molecule has 1 aliphatic rings. The van der Waals surface area contributed by atoms with Crippen molar-refractivity contribution in [2.45, 2.75) is 30.6 Å². The third-order valence-corrected chi connectivity index (χ3v) is 6.64. The van der Waals surface area contributed by atoms with E-state index >= 15 is 0 Å². The van der Waals surface area contributed by atoms with Crippen LogP contribution in [0, 0.1) is 12.8 Å². The molecule has 0 aliphatic carbocycles. The third kappa shape index (κ3) is 3.28. The van der Waals surface area contributed by atoms with E-state index in [4.69, 9.17) is 9.88 Å². The molecule has 21 heavy (non-hydrogen) atoms. The molecule has 2 unspecified atom stereocenters. The quantitative estimate of drug-likeness (QED) is 0.900. The average molecular weight is 332 g/mol. The van der Waals surface area contributed by atoms with Crippen LogP contribution in [-0.2, 0) is 14.8 Å². The lowest BCUT2D eigenvalue weighted by Crippen LogP contribution is -2.46. The molecule has 1 fully saturated rings. The topological polar surface area (TPSA) is 89.7 Å². The lowest BCUT2D eigenvalue weighted by molar-refractivity contribution is -0.00157. The Labute approximate surface area is 128 Å². The Balaban J connectivity index is 2.23. The fourth-order valence-corrected chi connectivity index (χ4v) is 4.59. The minimum Gasteiger partial charge on any atom is -0.379 e. The summed E-state index contributed by atoms with van der Waals surface area (Å²) in [5.41, 5.74) is 0.841. The second kappa shape index (κ2) is 6.04. The van der Waals surface area contributed by atoms with Crippen molar-refractivity contribution in [3.8, 4) is 0 Å². The summed E-state index contributed by atoms with van der Waals surface area (Å²) in [4.78, 5) is 14.3. The maximum Gasteiger partial charge on any atom is 0.255 e. The van der Waals surface area contributed by atoms with E-state index < -0.39 is 10.0 Å². The number of nitrogens with zero attached hydrogens (tertiary/aromatic N) is 1. The molecule has 2 atom stereocenters. The predicted octanol–water partition coefficient (Wildman–Crippen LogP) is 1.20. The highest BCUT2D eigenvalue weighted by Crippen LogP contribution is 2.28. The van der Waals surface area contributed by atoms with Gasteiger partial charge >= 0.3 is 0 Å². The number of hydrogen-bond acceptors (Lipinski definition) is 5. The number of amides is 1. The molecule has 6 nitrogen and oxygen atoms in total. The minimum atomic E-state index is -3.78. The largest absolute Gasteiger partial charge is 0.379 e. The highest BCUT2D eigenvalue weighted by atomic mass is 32.2. The van der Waals surface area contributed by atoms with Gasteiger partial charge in [0.05, 0.1) is 11.7 Å². The monoisotopic (exact) mass is 332 g/mol. The molecule has 1 aromatic heterocycles. The van der Waals surface area contributed by atoms with Crippen LogP contribution >= 0.6 is 11.3 Å². The number of rotatable bonds is 3. The van der Waals surface area contributed by atoms with Crippen molar-refractivity contribution in [2.75, 3.05) is 20.2 Å². The first-order valence-electron chi connectivity index (χ1n) is 6.68. The zero-order chi connectivity index (χ0) is 15.8. The molecule has 0 radical (unpaired) electrons. The molecule has 0 aromatic carbocycles. The number of hydrogen-bond donors (Lipinski definition) is 1. The predicted molar refractivity (Wildman–Crippen MR) is 80.9 cm³/mol. The smallest absolute Gasteiger partial charge is 0.255 e. The zero-order valence-electron chi connectivity index (χ0n) is 12.3. The average Bonchev–Trinajstić information content (AvgIpc) is 2.80.